The summed E-state index contributed by atoms with van der Waals surface area (Å²) in [6, 6.07) is 2.79. The number of hydrogen-bond acceptors (Lipinski definition) is 5. The summed E-state index contributed by atoms with van der Waals surface area (Å²) >= 11 is 1.66. The summed E-state index contributed by atoms with van der Waals surface area (Å²) in [6.07, 6.45) is 2.78. The van der Waals surface area contributed by atoms with Crippen molar-refractivity contribution >= 4 is 11.8 Å². The predicted molar refractivity (Wildman–Crippen MR) is 76.1 cm³/mol. The number of rotatable bonds is 4. The van der Waals surface area contributed by atoms with Crippen molar-refractivity contribution in [3.8, 4) is 6.07 Å². The quantitative estimate of drug-likeness (QED) is 0.917. The molecular weight excluding hydrogens is 258 g/mol. The lowest BCUT2D eigenvalue weighted by atomic mass is 9.99. The molecule has 1 aromatic rings. The summed E-state index contributed by atoms with van der Waals surface area (Å²) in [4.78, 5) is 4.40. The second kappa shape index (κ2) is 5.56. The number of oxazole rings is 1. The molecule has 5 heteroatoms. The minimum atomic E-state index is -0.373. The Kier molecular flexibility index (Phi) is 4.22. The first-order chi connectivity index (χ1) is 8.94. The first-order valence-corrected chi connectivity index (χ1v) is 7.62. The number of aryl methyl sites for hydroxylation is 2. The van der Waals surface area contributed by atoms with Gasteiger partial charge in [-0.05, 0) is 47.0 Å². The molecule has 0 amide bonds. The van der Waals surface area contributed by atoms with E-state index in [0.29, 0.717) is 11.3 Å². The van der Waals surface area contributed by atoms with Crippen molar-refractivity contribution in [3.63, 3.8) is 0 Å². The zero-order valence-electron chi connectivity index (χ0n) is 12.0. The highest BCUT2D eigenvalue weighted by Crippen LogP contribution is 2.40. The van der Waals surface area contributed by atoms with Crippen molar-refractivity contribution in [2.75, 3.05) is 0 Å². The monoisotopic (exact) mass is 279 g/mol. The van der Waals surface area contributed by atoms with Gasteiger partial charge in [0.05, 0.1) is 11.8 Å². The highest BCUT2D eigenvalue weighted by Gasteiger charge is 2.40. The van der Waals surface area contributed by atoms with Crippen LogP contribution in [0, 0.1) is 25.2 Å². The van der Waals surface area contributed by atoms with E-state index in [4.69, 9.17) is 4.42 Å². The number of nitrogens with zero attached hydrogens (tertiary/aromatic N) is 2. The van der Waals surface area contributed by atoms with Crippen LogP contribution in [0.4, 0.5) is 0 Å². The SMILES string of the molecule is Cc1nc(SC2CCC(C#N)(NC(C)C)C2)oc1C. The van der Waals surface area contributed by atoms with Gasteiger partial charge in [0, 0.05) is 11.3 Å². The molecule has 0 aliphatic heterocycles. The maximum absolute atomic E-state index is 9.44. The van der Waals surface area contributed by atoms with Gasteiger partial charge in [-0.25, -0.2) is 4.98 Å². The van der Waals surface area contributed by atoms with Crippen LogP contribution in [0.25, 0.3) is 0 Å². The third-order valence-corrected chi connectivity index (χ3v) is 4.64. The van der Waals surface area contributed by atoms with Crippen LogP contribution in [-0.2, 0) is 0 Å². The minimum absolute atomic E-state index is 0.328. The predicted octanol–water partition coefficient (Wildman–Crippen LogP) is 3.20. The Morgan fingerprint density at radius 2 is 2.26 bits per heavy atom. The third-order valence-electron chi connectivity index (χ3n) is 3.52. The Balaban J connectivity index is 2.00. The Hall–Kier alpha value is -0.990. The molecule has 1 saturated carbocycles. The van der Waals surface area contributed by atoms with Crippen molar-refractivity contribution in [2.24, 2.45) is 0 Å². The summed E-state index contributed by atoms with van der Waals surface area (Å²) in [5.74, 6) is 0.882. The molecule has 1 aliphatic rings. The molecule has 19 heavy (non-hydrogen) atoms. The third kappa shape index (κ3) is 3.31. The van der Waals surface area contributed by atoms with Gasteiger partial charge in [-0.3, -0.25) is 5.32 Å². The first-order valence-electron chi connectivity index (χ1n) is 6.74. The van der Waals surface area contributed by atoms with Crippen molar-refractivity contribution in [2.45, 2.75) is 69.0 Å². The molecule has 2 rings (SSSR count). The smallest absolute Gasteiger partial charge is 0.256 e. The van der Waals surface area contributed by atoms with Gasteiger partial charge in [-0.15, -0.1) is 0 Å². The van der Waals surface area contributed by atoms with Crippen LogP contribution < -0.4 is 5.32 Å². The lowest BCUT2D eigenvalue weighted by Gasteiger charge is -2.25. The van der Waals surface area contributed by atoms with Gasteiger partial charge in [-0.2, -0.15) is 5.26 Å². The summed E-state index contributed by atoms with van der Waals surface area (Å²) in [5, 5.41) is 14.0. The number of nitrogens with one attached hydrogen (secondary N) is 1. The largest absolute Gasteiger partial charge is 0.437 e. The number of thioether (sulfide) groups is 1. The van der Waals surface area contributed by atoms with Crippen LogP contribution in [0.2, 0.25) is 0 Å². The van der Waals surface area contributed by atoms with E-state index in [0.717, 1.165) is 35.9 Å². The van der Waals surface area contributed by atoms with Crippen molar-refractivity contribution in [3.05, 3.63) is 11.5 Å². The average Bonchev–Trinajstić information content (AvgIpc) is 2.85. The molecule has 1 aromatic heterocycles. The number of nitriles is 1. The van der Waals surface area contributed by atoms with Gasteiger partial charge in [0.1, 0.15) is 11.3 Å². The van der Waals surface area contributed by atoms with Gasteiger partial charge in [0.2, 0.25) is 0 Å². The molecule has 1 aliphatic carbocycles. The second-order valence-electron chi connectivity index (χ2n) is 5.60. The molecule has 0 aromatic carbocycles. The van der Waals surface area contributed by atoms with E-state index in [1.165, 1.54) is 0 Å². The maximum atomic E-state index is 9.44. The van der Waals surface area contributed by atoms with Crippen LogP contribution in [0.15, 0.2) is 9.64 Å². The van der Waals surface area contributed by atoms with Crippen LogP contribution in [0.5, 0.6) is 0 Å². The molecule has 2 unspecified atom stereocenters. The van der Waals surface area contributed by atoms with E-state index in [1.54, 1.807) is 11.8 Å². The highest BCUT2D eigenvalue weighted by molar-refractivity contribution is 7.99. The molecule has 0 bridgehead atoms. The summed E-state index contributed by atoms with van der Waals surface area (Å²) in [6.45, 7) is 8.05. The van der Waals surface area contributed by atoms with Crippen LogP contribution in [-0.4, -0.2) is 21.8 Å². The molecule has 1 N–H and O–H groups in total. The van der Waals surface area contributed by atoms with Gasteiger partial charge in [0.15, 0.2) is 0 Å². The van der Waals surface area contributed by atoms with E-state index in [1.807, 2.05) is 13.8 Å². The fourth-order valence-electron chi connectivity index (χ4n) is 2.55. The average molecular weight is 279 g/mol. The fraction of sp³-hybridized carbons (Fsp3) is 0.714. The standard InChI is InChI=1S/C14H21N3OS/c1-9(2)17-14(8-15)6-5-12(7-14)19-13-16-10(3)11(4)18-13/h9,12,17H,5-7H2,1-4H3. The summed E-state index contributed by atoms with van der Waals surface area (Å²) in [7, 11) is 0. The lowest BCUT2D eigenvalue weighted by molar-refractivity contribution is 0.385. The van der Waals surface area contributed by atoms with E-state index in [-0.39, 0.29) is 5.54 Å². The van der Waals surface area contributed by atoms with E-state index in [2.05, 4.69) is 30.2 Å². The highest BCUT2D eigenvalue weighted by atomic mass is 32.2. The second-order valence-corrected chi connectivity index (χ2v) is 6.85. The molecule has 1 heterocycles. The Labute approximate surface area is 119 Å². The van der Waals surface area contributed by atoms with Gasteiger partial charge < -0.3 is 4.42 Å². The van der Waals surface area contributed by atoms with Gasteiger partial charge in [0.25, 0.3) is 5.22 Å². The van der Waals surface area contributed by atoms with Crippen LogP contribution in [0.3, 0.4) is 0 Å². The summed E-state index contributed by atoms with van der Waals surface area (Å²) in [5.41, 5.74) is 0.579. The molecule has 0 spiro atoms. The van der Waals surface area contributed by atoms with Crippen molar-refractivity contribution < 1.29 is 4.42 Å². The molecule has 104 valence electrons. The molecule has 0 saturated heterocycles. The summed E-state index contributed by atoms with van der Waals surface area (Å²) < 4.78 is 5.61. The molecule has 1 fully saturated rings. The number of hydrogen-bond donors (Lipinski definition) is 1. The first kappa shape index (κ1) is 14.4. The molecule has 0 radical (unpaired) electrons. The Morgan fingerprint density at radius 1 is 1.53 bits per heavy atom. The maximum Gasteiger partial charge on any atom is 0.256 e. The van der Waals surface area contributed by atoms with Crippen LogP contribution in [0.1, 0.15) is 44.6 Å². The Bertz CT molecular complexity index is 472. The van der Waals surface area contributed by atoms with Crippen LogP contribution >= 0.6 is 11.8 Å². The molecule has 2 atom stereocenters. The zero-order chi connectivity index (χ0) is 14.0. The molecular formula is C14H21N3OS. The topological polar surface area (TPSA) is 61.9 Å². The fourth-order valence-corrected chi connectivity index (χ4v) is 3.81. The minimum Gasteiger partial charge on any atom is -0.437 e. The normalized spacial score (nSPS) is 26.8. The van der Waals surface area contributed by atoms with E-state index < -0.39 is 0 Å². The lowest BCUT2D eigenvalue weighted by Crippen LogP contribution is -2.45. The van der Waals surface area contributed by atoms with E-state index in [9.17, 15) is 5.26 Å². The van der Waals surface area contributed by atoms with Gasteiger partial charge >= 0.3 is 0 Å². The van der Waals surface area contributed by atoms with Gasteiger partial charge in [-0.1, -0.05) is 11.8 Å². The Morgan fingerprint density at radius 3 is 2.79 bits per heavy atom. The molecule has 4 nitrogen and oxygen atoms in total. The zero-order valence-corrected chi connectivity index (χ0v) is 12.8. The number of aromatic nitrogens is 1. The van der Waals surface area contributed by atoms with Crippen molar-refractivity contribution in [1.29, 1.82) is 5.26 Å². The van der Waals surface area contributed by atoms with Crippen molar-refractivity contribution in [1.82, 2.24) is 10.3 Å². The van der Waals surface area contributed by atoms with E-state index >= 15 is 0 Å².